The molecule has 1 aromatic carbocycles. The molecule has 1 aromatic rings. The molecule has 1 fully saturated rings. The molecule has 18 heavy (non-hydrogen) atoms. The molecule has 0 bridgehead atoms. The molecule has 5 heteroatoms. The highest BCUT2D eigenvalue weighted by Crippen LogP contribution is 2.23. The molecule has 100 valence electrons. The van der Waals surface area contributed by atoms with E-state index in [4.69, 9.17) is 0 Å². The summed E-state index contributed by atoms with van der Waals surface area (Å²) in [5.41, 5.74) is -0.603. The van der Waals surface area contributed by atoms with Crippen LogP contribution < -0.4 is 0 Å². The van der Waals surface area contributed by atoms with Crippen LogP contribution >= 0.6 is 0 Å². The highest BCUT2D eigenvalue weighted by Gasteiger charge is 2.45. The van der Waals surface area contributed by atoms with Crippen molar-refractivity contribution in [1.82, 2.24) is 4.90 Å². The van der Waals surface area contributed by atoms with Gasteiger partial charge < -0.3 is 20.4 Å². The lowest BCUT2D eigenvalue weighted by Crippen LogP contribution is -2.64. The lowest BCUT2D eigenvalue weighted by Gasteiger charge is -2.44. The monoisotopic (exact) mass is 253 g/mol. The van der Waals surface area contributed by atoms with Gasteiger partial charge in [0.2, 0.25) is 0 Å². The van der Waals surface area contributed by atoms with Gasteiger partial charge in [0.1, 0.15) is 11.7 Å². The van der Waals surface area contributed by atoms with E-state index in [2.05, 4.69) is 0 Å². The van der Waals surface area contributed by atoms with Gasteiger partial charge in [-0.1, -0.05) is 30.3 Å². The maximum atomic E-state index is 10.1. The Hall–Kier alpha value is -0.980. The van der Waals surface area contributed by atoms with E-state index in [-0.39, 0.29) is 13.1 Å². The molecule has 1 aliphatic rings. The molecule has 0 aliphatic carbocycles. The molecular formula is C13H19NO4. The van der Waals surface area contributed by atoms with Crippen molar-refractivity contribution >= 4 is 0 Å². The molecule has 2 rings (SSSR count). The van der Waals surface area contributed by atoms with Crippen LogP contribution in [0.2, 0.25) is 0 Å². The zero-order valence-electron chi connectivity index (χ0n) is 10.1. The van der Waals surface area contributed by atoms with Gasteiger partial charge in [-0.15, -0.1) is 0 Å². The number of aliphatic hydroxyl groups excluding tert-OH is 3. The van der Waals surface area contributed by atoms with Gasteiger partial charge >= 0.3 is 0 Å². The average Bonchev–Trinajstić information content (AvgIpc) is 2.37. The standard InChI is InChI=1S/C13H19NO4/c15-9-13(18)8-14(7-11(16)12(13)17)6-10-4-2-1-3-5-10/h1-5,11-12,15-18H,6-9H2/t11-,12+,13-/m1/s1. The minimum absolute atomic E-state index is 0.136. The molecule has 0 aromatic heterocycles. The number of aliphatic hydroxyl groups is 4. The van der Waals surface area contributed by atoms with Crippen molar-refractivity contribution in [2.75, 3.05) is 19.7 Å². The van der Waals surface area contributed by atoms with Crippen LogP contribution in [-0.2, 0) is 6.54 Å². The van der Waals surface area contributed by atoms with E-state index in [1.165, 1.54) is 0 Å². The molecule has 0 amide bonds. The summed E-state index contributed by atoms with van der Waals surface area (Å²) >= 11 is 0. The maximum Gasteiger partial charge on any atom is 0.129 e. The second-order valence-corrected chi connectivity index (χ2v) is 4.93. The zero-order valence-corrected chi connectivity index (χ0v) is 10.1. The molecule has 0 radical (unpaired) electrons. The number of piperidine rings is 1. The fraction of sp³-hybridized carbons (Fsp3) is 0.538. The summed E-state index contributed by atoms with van der Waals surface area (Å²) in [6.45, 7) is 0.401. The number of nitrogens with zero attached hydrogens (tertiary/aromatic N) is 1. The van der Waals surface area contributed by atoms with Gasteiger partial charge in [-0.05, 0) is 5.56 Å². The highest BCUT2D eigenvalue weighted by molar-refractivity contribution is 5.15. The number of benzene rings is 1. The Bertz CT molecular complexity index is 386. The van der Waals surface area contributed by atoms with E-state index in [1.54, 1.807) is 0 Å². The van der Waals surface area contributed by atoms with E-state index in [9.17, 15) is 20.4 Å². The van der Waals surface area contributed by atoms with E-state index < -0.39 is 24.4 Å². The normalized spacial score (nSPS) is 33.6. The summed E-state index contributed by atoms with van der Waals surface area (Å²) in [7, 11) is 0. The van der Waals surface area contributed by atoms with Crippen molar-refractivity contribution in [3.63, 3.8) is 0 Å². The molecule has 4 N–H and O–H groups in total. The third-order valence-electron chi connectivity index (χ3n) is 3.38. The van der Waals surface area contributed by atoms with Crippen molar-refractivity contribution in [1.29, 1.82) is 0 Å². The molecule has 1 aliphatic heterocycles. The number of β-amino-alcohol motifs (C(OH)–C–C–N with tert-alkyl or cyclic N) is 2. The Labute approximate surface area is 106 Å². The second-order valence-electron chi connectivity index (χ2n) is 4.93. The Kier molecular flexibility index (Phi) is 3.99. The van der Waals surface area contributed by atoms with Gasteiger partial charge in [-0.25, -0.2) is 0 Å². The van der Waals surface area contributed by atoms with Crippen molar-refractivity contribution in [3.8, 4) is 0 Å². The van der Waals surface area contributed by atoms with E-state index in [1.807, 2.05) is 35.2 Å². The smallest absolute Gasteiger partial charge is 0.129 e. The van der Waals surface area contributed by atoms with Crippen molar-refractivity contribution < 1.29 is 20.4 Å². The van der Waals surface area contributed by atoms with Crippen molar-refractivity contribution in [3.05, 3.63) is 35.9 Å². The largest absolute Gasteiger partial charge is 0.393 e. The molecule has 0 saturated carbocycles. The predicted octanol–water partition coefficient (Wildman–Crippen LogP) is -1.05. The van der Waals surface area contributed by atoms with Crippen LogP contribution in [0.5, 0.6) is 0 Å². The molecule has 1 heterocycles. The number of hydrogen-bond acceptors (Lipinski definition) is 5. The Morgan fingerprint density at radius 3 is 2.50 bits per heavy atom. The molecule has 1 saturated heterocycles. The summed E-state index contributed by atoms with van der Waals surface area (Å²) in [5.74, 6) is 0. The van der Waals surface area contributed by atoms with Crippen LogP contribution in [0.4, 0.5) is 0 Å². The summed E-state index contributed by atoms with van der Waals surface area (Å²) in [6, 6.07) is 9.67. The number of hydrogen-bond donors (Lipinski definition) is 4. The SMILES string of the molecule is OC[C@]1(O)CN(Cc2ccccc2)C[C@@H](O)[C@@H]1O. The van der Waals surface area contributed by atoms with Crippen LogP contribution in [-0.4, -0.2) is 62.8 Å². The summed E-state index contributed by atoms with van der Waals surface area (Å²) < 4.78 is 0. The first-order valence-corrected chi connectivity index (χ1v) is 6.01. The van der Waals surface area contributed by atoms with Gasteiger partial charge in [0.15, 0.2) is 0 Å². The van der Waals surface area contributed by atoms with E-state index >= 15 is 0 Å². The van der Waals surface area contributed by atoms with Gasteiger partial charge in [-0.3, -0.25) is 4.90 Å². The minimum Gasteiger partial charge on any atom is -0.393 e. The lowest BCUT2D eigenvalue weighted by atomic mass is 9.88. The van der Waals surface area contributed by atoms with Crippen LogP contribution in [0.25, 0.3) is 0 Å². The van der Waals surface area contributed by atoms with Crippen molar-refractivity contribution in [2.45, 2.75) is 24.4 Å². The van der Waals surface area contributed by atoms with Gasteiger partial charge in [0, 0.05) is 19.6 Å². The second kappa shape index (κ2) is 5.34. The predicted molar refractivity (Wildman–Crippen MR) is 65.8 cm³/mol. The third kappa shape index (κ3) is 2.71. The molecule has 0 unspecified atom stereocenters. The van der Waals surface area contributed by atoms with Crippen LogP contribution in [0.15, 0.2) is 30.3 Å². The average molecular weight is 253 g/mol. The fourth-order valence-electron chi connectivity index (χ4n) is 2.37. The van der Waals surface area contributed by atoms with Gasteiger partial charge in [0.05, 0.1) is 12.7 Å². The highest BCUT2D eigenvalue weighted by atomic mass is 16.4. The summed E-state index contributed by atoms with van der Waals surface area (Å²) in [4.78, 5) is 1.82. The number of likely N-dealkylation sites (tertiary alicyclic amines) is 1. The minimum atomic E-state index is -1.66. The fourth-order valence-corrected chi connectivity index (χ4v) is 2.37. The zero-order chi connectivity index (χ0) is 13.2. The van der Waals surface area contributed by atoms with E-state index in [0.717, 1.165) is 5.56 Å². The van der Waals surface area contributed by atoms with E-state index in [0.29, 0.717) is 6.54 Å². The van der Waals surface area contributed by atoms with Crippen LogP contribution in [0.3, 0.4) is 0 Å². The van der Waals surface area contributed by atoms with Gasteiger partial charge in [0.25, 0.3) is 0 Å². The topological polar surface area (TPSA) is 84.2 Å². The van der Waals surface area contributed by atoms with Gasteiger partial charge in [-0.2, -0.15) is 0 Å². The maximum absolute atomic E-state index is 10.1. The van der Waals surface area contributed by atoms with Crippen molar-refractivity contribution in [2.24, 2.45) is 0 Å². The number of rotatable bonds is 3. The van der Waals surface area contributed by atoms with Crippen LogP contribution in [0.1, 0.15) is 5.56 Å². The molecule has 0 spiro atoms. The quantitative estimate of drug-likeness (QED) is 0.552. The Balaban J connectivity index is 2.07. The molecule has 3 atom stereocenters. The summed E-state index contributed by atoms with van der Waals surface area (Å²) in [6.07, 6.45) is -2.37. The van der Waals surface area contributed by atoms with Crippen LogP contribution in [0, 0.1) is 0 Å². The molecular weight excluding hydrogens is 234 g/mol. The first kappa shape index (κ1) is 13.5. The first-order valence-electron chi connectivity index (χ1n) is 6.01. The Morgan fingerprint density at radius 2 is 1.89 bits per heavy atom. The summed E-state index contributed by atoms with van der Waals surface area (Å²) in [5, 5.41) is 38.7. The molecule has 5 nitrogen and oxygen atoms in total. The lowest BCUT2D eigenvalue weighted by molar-refractivity contribution is -0.187. The Morgan fingerprint density at radius 1 is 1.22 bits per heavy atom. The third-order valence-corrected chi connectivity index (χ3v) is 3.38. The first-order chi connectivity index (χ1) is 8.55.